The van der Waals surface area contributed by atoms with E-state index in [-0.39, 0.29) is 6.61 Å². The Bertz CT molecular complexity index is 365. The summed E-state index contributed by atoms with van der Waals surface area (Å²) in [4.78, 5) is 22.5. The van der Waals surface area contributed by atoms with Crippen molar-refractivity contribution >= 4 is 12.1 Å². The molecule has 1 atom stereocenters. The van der Waals surface area contributed by atoms with Crippen LogP contribution < -0.4 is 10.6 Å². The fourth-order valence-corrected chi connectivity index (χ4v) is 2.59. The number of carboxylic acid groups (broad SMARTS) is 1. The van der Waals surface area contributed by atoms with Crippen LogP contribution in [0.5, 0.6) is 0 Å². The van der Waals surface area contributed by atoms with Crippen LogP contribution in [0.1, 0.15) is 51.9 Å². The first-order chi connectivity index (χ1) is 10.6. The van der Waals surface area contributed by atoms with Crippen molar-refractivity contribution in [1.29, 1.82) is 0 Å². The van der Waals surface area contributed by atoms with E-state index in [0.29, 0.717) is 19.0 Å². The zero-order chi connectivity index (χ0) is 16.2. The van der Waals surface area contributed by atoms with E-state index in [1.165, 1.54) is 12.8 Å². The lowest BCUT2D eigenvalue weighted by Gasteiger charge is -2.19. The lowest BCUT2D eigenvalue weighted by Crippen LogP contribution is -2.42. The van der Waals surface area contributed by atoms with Crippen LogP contribution in [0.25, 0.3) is 0 Å². The maximum absolute atomic E-state index is 11.3. The zero-order valence-electron chi connectivity index (χ0n) is 13.3. The quantitative estimate of drug-likeness (QED) is 0.426. The highest BCUT2D eigenvalue weighted by Crippen LogP contribution is 2.19. The van der Waals surface area contributed by atoms with Gasteiger partial charge < -0.3 is 20.5 Å². The molecule has 6 heteroatoms. The molecule has 1 aliphatic carbocycles. The smallest absolute Gasteiger partial charge is 0.407 e. The zero-order valence-corrected chi connectivity index (χ0v) is 13.3. The van der Waals surface area contributed by atoms with E-state index in [2.05, 4.69) is 10.6 Å². The SMILES string of the molecule is C/C=C\COC(=O)NCCCCC(NC1CCCC1)C(=O)O. The first-order valence-corrected chi connectivity index (χ1v) is 8.14. The summed E-state index contributed by atoms with van der Waals surface area (Å²) in [6.07, 6.45) is 9.74. The Morgan fingerprint density at radius 3 is 2.68 bits per heavy atom. The minimum atomic E-state index is -0.786. The molecule has 1 unspecified atom stereocenters. The topological polar surface area (TPSA) is 87.7 Å². The Kier molecular flexibility index (Phi) is 9.30. The van der Waals surface area contributed by atoms with Crippen molar-refractivity contribution in [3.63, 3.8) is 0 Å². The average molecular weight is 312 g/mol. The van der Waals surface area contributed by atoms with Gasteiger partial charge in [-0.15, -0.1) is 0 Å². The van der Waals surface area contributed by atoms with E-state index in [4.69, 9.17) is 4.74 Å². The van der Waals surface area contributed by atoms with Crippen molar-refractivity contribution in [2.45, 2.75) is 64.0 Å². The number of unbranched alkanes of at least 4 members (excludes halogenated alkanes) is 1. The number of nitrogens with one attached hydrogen (secondary N) is 2. The van der Waals surface area contributed by atoms with Gasteiger partial charge in [-0.2, -0.15) is 0 Å². The Morgan fingerprint density at radius 2 is 2.05 bits per heavy atom. The molecule has 0 saturated heterocycles. The maximum atomic E-state index is 11.3. The largest absolute Gasteiger partial charge is 0.480 e. The lowest BCUT2D eigenvalue weighted by molar-refractivity contribution is -0.139. The van der Waals surface area contributed by atoms with Gasteiger partial charge in [0.2, 0.25) is 0 Å². The molecular weight excluding hydrogens is 284 g/mol. The molecule has 6 nitrogen and oxygen atoms in total. The Hall–Kier alpha value is -1.56. The van der Waals surface area contributed by atoms with Gasteiger partial charge in [0, 0.05) is 12.6 Å². The van der Waals surface area contributed by atoms with E-state index in [0.717, 1.165) is 25.7 Å². The first-order valence-electron chi connectivity index (χ1n) is 8.14. The number of carboxylic acids is 1. The fourth-order valence-electron chi connectivity index (χ4n) is 2.59. The van der Waals surface area contributed by atoms with Gasteiger partial charge in [0.15, 0.2) is 0 Å². The molecule has 1 saturated carbocycles. The standard InChI is InChI=1S/C16H28N2O4/c1-2-3-12-22-16(21)17-11-7-6-10-14(15(19)20)18-13-8-4-5-9-13/h2-3,13-14,18H,4-12H2,1H3,(H,17,21)(H,19,20)/b3-2-. The predicted molar refractivity (Wildman–Crippen MR) is 84.8 cm³/mol. The third-order valence-corrected chi connectivity index (χ3v) is 3.83. The van der Waals surface area contributed by atoms with E-state index in [1.54, 1.807) is 6.08 Å². The highest BCUT2D eigenvalue weighted by Gasteiger charge is 2.23. The van der Waals surface area contributed by atoms with Gasteiger partial charge >= 0.3 is 12.1 Å². The number of hydrogen-bond donors (Lipinski definition) is 3. The molecule has 0 aromatic rings. The molecule has 0 heterocycles. The van der Waals surface area contributed by atoms with Gasteiger partial charge in [-0.3, -0.25) is 4.79 Å². The lowest BCUT2D eigenvalue weighted by atomic mass is 10.1. The summed E-state index contributed by atoms with van der Waals surface area (Å²) in [5.74, 6) is -0.786. The summed E-state index contributed by atoms with van der Waals surface area (Å²) >= 11 is 0. The highest BCUT2D eigenvalue weighted by molar-refractivity contribution is 5.73. The number of carbonyl (C=O) groups is 2. The van der Waals surface area contributed by atoms with Crippen LogP contribution in [0.4, 0.5) is 4.79 Å². The summed E-state index contributed by atoms with van der Waals surface area (Å²) in [6.45, 7) is 2.64. The maximum Gasteiger partial charge on any atom is 0.407 e. The minimum absolute atomic E-state index is 0.273. The monoisotopic (exact) mass is 312 g/mol. The molecule has 1 fully saturated rings. The molecule has 0 aromatic carbocycles. The second kappa shape index (κ2) is 11.1. The average Bonchev–Trinajstić information content (AvgIpc) is 2.98. The van der Waals surface area contributed by atoms with Crippen molar-refractivity contribution in [2.75, 3.05) is 13.2 Å². The number of amides is 1. The summed E-state index contributed by atoms with van der Waals surface area (Å²) in [7, 11) is 0. The summed E-state index contributed by atoms with van der Waals surface area (Å²) in [6, 6.07) is -0.134. The van der Waals surface area contributed by atoms with Crippen LogP contribution in [0.15, 0.2) is 12.2 Å². The Morgan fingerprint density at radius 1 is 1.32 bits per heavy atom. The van der Waals surface area contributed by atoms with Crippen LogP contribution >= 0.6 is 0 Å². The second-order valence-electron chi connectivity index (χ2n) is 5.63. The molecule has 126 valence electrons. The fraction of sp³-hybridized carbons (Fsp3) is 0.750. The van der Waals surface area contributed by atoms with Gasteiger partial charge in [-0.1, -0.05) is 25.0 Å². The van der Waals surface area contributed by atoms with E-state index >= 15 is 0 Å². The van der Waals surface area contributed by atoms with E-state index in [9.17, 15) is 14.7 Å². The van der Waals surface area contributed by atoms with Crippen LogP contribution in [0, 0.1) is 0 Å². The molecular formula is C16H28N2O4. The Labute approximate surface area is 132 Å². The number of carbonyl (C=O) groups excluding carboxylic acids is 1. The second-order valence-corrected chi connectivity index (χ2v) is 5.63. The van der Waals surface area contributed by atoms with Crippen LogP contribution in [-0.4, -0.2) is 42.4 Å². The first kappa shape index (κ1) is 18.5. The molecule has 22 heavy (non-hydrogen) atoms. The van der Waals surface area contributed by atoms with Gasteiger partial charge in [0.1, 0.15) is 12.6 Å². The highest BCUT2D eigenvalue weighted by atomic mass is 16.5. The van der Waals surface area contributed by atoms with Gasteiger partial charge in [-0.25, -0.2) is 4.79 Å². The molecule has 0 aromatic heterocycles. The van der Waals surface area contributed by atoms with Gasteiger partial charge in [-0.05, 0) is 39.0 Å². The molecule has 0 aliphatic heterocycles. The molecule has 1 amide bonds. The summed E-state index contributed by atoms with van der Waals surface area (Å²) < 4.78 is 4.89. The summed E-state index contributed by atoms with van der Waals surface area (Å²) in [5, 5.41) is 15.1. The third kappa shape index (κ3) is 8.02. The molecule has 0 bridgehead atoms. The number of aliphatic carboxylic acids is 1. The Balaban J connectivity index is 2.09. The minimum Gasteiger partial charge on any atom is -0.480 e. The van der Waals surface area contributed by atoms with Crippen LogP contribution in [-0.2, 0) is 9.53 Å². The molecule has 1 rings (SSSR count). The van der Waals surface area contributed by atoms with Crippen LogP contribution in [0.2, 0.25) is 0 Å². The predicted octanol–water partition coefficient (Wildman–Crippen LogP) is 2.44. The number of rotatable bonds is 10. The molecule has 0 spiro atoms. The number of hydrogen-bond acceptors (Lipinski definition) is 4. The summed E-state index contributed by atoms with van der Waals surface area (Å²) in [5.41, 5.74) is 0. The van der Waals surface area contributed by atoms with E-state index < -0.39 is 18.1 Å². The third-order valence-electron chi connectivity index (χ3n) is 3.83. The van der Waals surface area contributed by atoms with Crippen molar-refractivity contribution in [1.82, 2.24) is 10.6 Å². The molecule has 1 aliphatic rings. The van der Waals surface area contributed by atoms with Crippen molar-refractivity contribution < 1.29 is 19.4 Å². The van der Waals surface area contributed by atoms with Crippen LogP contribution in [0.3, 0.4) is 0 Å². The van der Waals surface area contributed by atoms with Crippen molar-refractivity contribution in [2.24, 2.45) is 0 Å². The number of allylic oxidation sites excluding steroid dienone is 1. The normalized spacial score (nSPS) is 16.8. The number of ether oxygens (including phenoxy) is 1. The van der Waals surface area contributed by atoms with Crippen molar-refractivity contribution in [3.8, 4) is 0 Å². The van der Waals surface area contributed by atoms with Gasteiger partial charge in [0.05, 0.1) is 0 Å². The van der Waals surface area contributed by atoms with Gasteiger partial charge in [0.25, 0.3) is 0 Å². The van der Waals surface area contributed by atoms with E-state index in [1.807, 2.05) is 13.0 Å². The number of alkyl carbamates (subject to hydrolysis) is 1. The molecule has 3 N–H and O–H groups in total. The van der Waals surface area contributed by atoms with Crippen molar-refractivity contribution in [3.05, 3.63) is 12.2 Å². The molecule has 0 radical (unpaired) electrons.